The summed E-state index contributed by atoms with van der Waals surface area (Å²) >= 11 is 5.93. The van der Waals surface area contributed by atoms with Gasteiger partial charge in [0, 0.05) is 44.0 Å². The number of nitrogens with zero attached hydrogens (tertiary/aromatic N) is 4. The molecule has 2 amide bonds. The Kier molecular flexibility index (Phi) is 5.90. The SMILES string of the molecule is COc1ccccc1N1CCN(C(=O)C2=NN(c3ccc(Cl)cc3)C(=O)CC2)CC1. The van der Waals surface area contributed by atoms with Gasteiger partial charge in [-0.25, -0.2) is 5.01 Å². The molecule has 156 valence electrons. The molecule has 0 aliphatic carbocycles. The first-order valence-electron chi connectivity index (χ1n) is 9.90. The van der Waals surface area contributed by atoms with Crippen molar-refractivity contribution >= 4 is 40.5 Å². The number of amides is 2. The van der Waals surface area contributed by atoms with Gasteiger partial charge in [0.05, 0.1) is 18.5 Å². The van der Waals surface area contributed by atoms with E-state index in [0.717, 1.165) is 11.4 Å². The van der Waals surface area contributed by atoms with E-state index in [1.165, 1.54) is 5.01 Å². The minimum Gasteiger partial charge on any atom is -0.495 e. The lowest BCUT2D eigenvalue weighted by molar-refractivity contribution is -0.124. The van der Waals surface area contributed by atoms with E-state index < -0.39 is 0 Å². The third-order valence-corrected chi connectivity index (χ3v) is 5.60. The van der Waals surface area contributed by atoms with Gasteiger partial charge in [0.1, 0.15) is 11.5 Å². The zero-order valence-electron chi connectivity index (χ0n) is 16.8. The lowest BCUT2D eigenvalue weighted by Gasteiger charge is -2.37. The van der Waals surface area contributed by atoms with Gasteiger partial charge < -0.3 is 14.5 Å². The van der Waals surface area contributed by atoms with E-state index in [2.05, 4.69) is 10.0 Å². The number of carbonyl (C=O) groups is 2. The Labute approximate surface area is 180 Å². The van der Waals surface area contributed by atoms with Gasteiger partial charge in [-0.3, -0.25) is 9.59 Å². The Bertz CT molecular complexity index is 969. The van der Waals surface area contributed by atoms with Crippen molar-refractivity contribution in [2.24, 2.45) is 5.10 Å². The summed E-state index contributed by atoms with van der Waals surface area (Å²) in [5, 5.41) is 6.26. The van der Waals surface area contributed by atoms with Crippen molar-refractivity contribution in [3.05, 3.63) is 53.6 Å². The van der Waals surface area contributed by atoms with Crippen molar-refractivity contribution < 1.29 is 14.3 Å². The summed E-state index contributed by atoms with van der Waals surface area (Å²) in [4.78, 5) is 29.4. The minimum atomic E-state index is -0.130. The van der Waals surface area contributed by atoms with Gasteiger partial charge in [0.25, 0.3) is 5.91 Å². The molecular formula is C22H23ClN4O3. The Hall–Kier alpha value is -3.06. The van der Waals surface area contributed by atoms with Crippen molar-refractivity contribution in [2.75, 3.05) is 43.2 Å². The summed E-state index contributed by atoms with van der Waals surface area (Å²) in [5.74, 6) is 0.585. The van der Waals surface area contributed by atoms with Gasteiger partial charge in [-0.15, -0.1) is 0 Å². The molecule has 0 unspecified atom stereocenters. The molecule has 0 N–H and O–H groups in total. The summed E-state index contributed by atoms with van der Waals surface area (Å²) in [6.45, 7) is 2.59. The smallest absolute Gasteiger partial charge is 0.270 e. The normalized spacial score (nSPS) is 17.1. The number of anilines is 2. The molecule has 2 aromatic carbocycles. The zero-order valence-corrected chi connectivity index (χ0v) is 17.5. The lowest BCUT2D eigenvalue weighted by atomic mass is 10.1. The van der Waals surface area contributed by atoms with Crippen LogP contribution in [0.4, 0.5) is 11.4 Å². The lowest BCUT2D eigenvalue weighted by Crippen LogP contribution is -2.51. The fraction of sp³-hybridized carbons (Fsp3) is 0.318. The van der Waals surface area contributed by atoms with Crippen LogP contribution in [0, 0.1) is 0 Å². The Morgan fingerprint density at radius 3 is 2.40 bits per heavy atom. The molecule has 2 heterocycles. The molecule has 0 aromatic heterocycles. The quantitative estimate of drug-likeness (QED) is 0.753. The molecule has 0 atom stereocenters. The second-order valence-electron chi connectivity index (χ2n) is 7.18. The average Bonchev–Trinajstić information content (AvgIpc) is 2.80. The summed E-state index contributed by atoms with van der Waals surface area (Å²) in [6.07, 6.45) is 0.614. The van der Waals surface area contributed by atoms with Gasteiger partial charge in [0.15, 0.2) is 0 Å². The number of halogens is 1. The van der Waals surface area contributed by atoms with Crippen molar-refractivity contribution in [1.82, 2.24) is 4.90 Å². The van der Waals surface area contributed by atoms with E-state index >= 15 is 0 Å². The van der Waals surface area contributed by atoms with Crippen LogP contribution < -0.4 is 14.6 Å². The highest BCUT2D eigenvalue weighted by molar-refractivity contribution is 6.40. The summed E-state index contributed by atoms with van der Waals surface area (Å²) in [6, 6.07) is 14.7. The van der Waals surface area contributed by atoms with Gasteiger partial charge >= 0.3 is 0 Å². The van der Waals surface area contributed by atoms with Crippen molar-refractivity contribution in [3.63, 3.8) is 0 Å². The van der Waals surface area contributed by atoms with Crippen molar-refractivity contribution in [3.8, 4) is 5.75 Å². The molecule has 1 saturated heterocycles. The first-order valence-corrected chi connectivity index (χ1v) is 10.3. The molecule has 1 fully saturated rings. The highest BCUT2D eigenvalue weighted by atomic mass is 35.5. The number of methoxy groups -OCH3 is 1. The maximum absolute atomic E-state index is 13.0. The predicted molar refractivity (Wildman–Crippen MR) is 117 cm³/mol. The molecule has 2 aliphatic heterocycles. The molecule has 0 spiro atoms. The van der Waals surface area contributed by atoms with Crippen LogP contribution in [0.2, 0.25) is 5.02 Å². The molecule has 4 rings (SSSR count). The number of para-hydroxylation sites is 2. The Morgan fingerprint density at radius 1 is 1.00 bits per heavy atom. The van der Waals surface area contributed by atoms with E-state index in [1.54, 1.807) is 36.3 Å². The van der Waals surface area contributed by atoms with E-state index in [0.29, 0.717) is 49.0 Å². The molecular weight excluding hydrogens is 404 g/mol. The van der Waals surface area contributed by atoms with Crippen LogP contribution in [0.15, 0.2) is 53.6 Å². The highest BCUT2D eigenvalue weighted by Crippen LogP contribution is 2.28. The molecule has 0 radical (unpaired) electrons. The van der Waals surface area contributed by atoms with Crippen LogP contribution in [-0.4, -0.2) is 55.7 Å². The van der Waals surface area contributed by atoms with Crippen LogP contribution in [0.1, 0.15) is 12.8 Å². The summed E-state index contributed by atoms with van der Waals surface area (Å²) in [7, 11) is 1.66. The number of hydrazone groups is 1. The number of benzene rings is 2. The average molecular weight is 427 g/mol. The molecule has 7 nitrogen and oxygen atoms in total. The van der Waals surface area contributed by atoms with Gasteiger partial charge in [-0.2, -0.15) is 5.10 Å². The topological polar surface area (TPSA) is 65.5 Å². The van der Waals surface area contributed by atoms with Gasteiger partial charge in [-0.05, 0) is 36.4 Å². The fourth-order valence-electron chi connectivity index (χ4n) is 3.72. The second-order valence-corrected chi connectivity index (χ2v) is 7.62. The van der Waals surface area contributed by atoms with Crippen LogP contribution in [0.25, 0.3) is 0 Å². The van der Waals surface area contributed by atoms with Crippen molar-refractivity contribution in [1.29, 1.82) is 0 Å². The van der Waals surface area contributed by atoms with Crippen LogP contribution in [0.3, 0.4) is 0 Å². The number of hydrogen-bond donors (Lipinski definition) is 0. The van der Waals surface area contributed by atoms with E-state index in [4.69, 9.17) is 16.3 Å². The predicted octanol–water partition coefficient (Wildman–Crippen LogP) is 3.18. The number of carbonyl (C=O) groups excluding carboxylic acids is 2. The third kappa shape index (κ3) is 4.11. The molecule has 0 bridgehead atoms. The van der Waals surface area contributed by atoms with Crippen LogP contribution in [-0.2, 0) is 9.59 Å². The summed E-state index contributed by atoms with van der Waals surface area (Å²) in [5.41, 5.74) is 2.05. The molecule has 2 aliphatic rings. The number of hydrogen-bond acceptors (Lipinski definition) is 5. The standard InChI is InChI=1S/C22H23ClN4O3/c1-30-20-5-3-2-4-19(20)25-12-14-26(15-13-25)22(29)18-10-11-21(28)27(24-18)17-8-6-16(23)7-9-17/h2-9H,10-15H2,1H3. The molecule has 2 aromatic rings. The first-order chi connectivity index (χ1) is 14.6. The second kappa shape index (κ2) is 8.75. The van der Waals surface area contributed by atoms with E-state index in [9.17, 15) is 9.59 Å². The zero-order chi connectivity index (χ0) is 21.1. The minimum absolute atomic E-state index is 0.110. The maximum Gasteiger partial charge on any atom is 0.270 e. The fourth-order valence-corrected chi connectivity index (χ4v) is 3.84. The molecule has 8 heteroatoms. The largest absolute Gasteiger partial charge is 0.495 e. The molecule has 0 saturated carbocycles. The maximum atomic E-state index is 13.0. The molecule has 30 heavy (non-hydrogen) atoms. The van der Waals surface area contributed by atoms with Gasteiger partial charge in [0.2, 0.25) is 5.91 Å². The summed E-state index contributed by atoms with van der Waals surface area (Å²) < 4.78 is 5.45. The number of piperazine rings is 1. The Balaban J connectivity index is 1.45. The third-order valence-electron chi connectivity index (χ3n) is 5.34. The Morgan fingerprint density at radius 2 is 1.70 bits per heavy atom. The number of ether oxygens (including phenoxy) is 1. The van der Waals surface area contributed by atoms with E-state index in [1.807, 2.05) is 24.3 Å². The monoisotopic (exact) mass is 426 g/mol. The first kappa shape index (κ1) is 20.2. The van der Waals surface area contributed by atoms with E-state index in [-0.39, 0.29) is 18.2 Å². The number of rotatable bonds is 4. The van der Waals surface area contributed by atoms with Gasteiger partial charge in [-0.1, -0.05) is 23.7 Å². The van der Waals surface area contributed by atoms with Crippen molar-refractivity contribution in [2.45, 2.75) is 12.8 Å². The highest BCUT2D eigenvalue weighted by Gasteiger charge is 2.30. The van der Waals surface area contributed by atoms with Crippen LogP contribution in [0.5, 0.6) is 5.75 Å². The van der Waals surface area contributed by atoms with Crippen LogP contribution >= 0.6 is 11.6 Å².